The molecule has 0 bridgehead atoms. The van der Waals surface area contributed by atoms with Gasteiger partial charge in [-0.1, -0.05) is 12.1 Å². The second kappa shape index (κ2) is 7.61. The Bertz CT molecular complexity index is 1080. The fourth-order valence-electron chi connectivity index (χ4n) is 2.68. The van der Waals surface area contributed by atoms with Crippen LogP contribution in [-0.2, 0) is 17.1 Å². The van der Waals surface area contributed by atoms with Crippen molar-refractivity contribution in [2.45, 2.75) is 10.9 Å². The molecule has 0 saturated heterocycles. The standard InChI is InChI=1S/C19H18N4O3S/c1-23-11-10-21-19(23)18(15-4-3-5-16(12-15)26-2)22-27(24,25)17-8-6-14(13-20)7-9-17/h3-12,18,22H,1-2H3/t18-/m0/s1. The normalized spacial score (nSPS) is 12.3. The first kappa shape index (κ1) is 18.6. The number of methoxy groups -OCH3 is 1. The summed E-state index contributed by atoms with van der Waals surface area (Å²) >= 11 is 0. The molecular weight excluding hydrogens is 364 g/mol. The molecule has 0 fully saturated rings. The summed E-state index contributed by atoms with van der Waals surface area (Å²) in [7, 11) is -0.500. The van der Waals surface area contributed by atoms with Gasteiger partial charge in [-0.05, 0) is 42.0 Å². The van der Waals surface area contributed by atoms with Crippen molar-refractivity contribution < 1.29 is 13.2 Å². The first-order valence-corrected chi connectivity index (χ1v) is 9.56. The van der Waals surface area contributed by atoms with E-state index in [9.17, 15) is 8.42 Å². The molecule has 7 nitrogen and oxygen atoms in total. The lowest BCUT2D eigenvalue weighted by molar-refractivity contribution is 0.413. The highest BCUT2D eigenvalue weighted by molar-refractivity contribution is 7.89. The van der Waals surface area contributed by atoms with Crippen LogP contribution in [0.3, 0.4) is 0 Å². The fraction of sp³-hybridized carbons (Fsp3) is 0.158. The van der Waals surface area contributed by atoms with E-state index in [0.717, 1.165) is 0 Å². The summed E-state index contributed by atoms with van der Waals surface area (Å²) in [5.41, 5.74) is 1.09. The summed E-state index contributed by atoms with van der Waals surface area (Å²) in [6, 6.07) is 14.2. The van der Waals surface area contributed by atoms with Crippen molar-refractivity contribution in [3.8, 4) is 11.8 Å². The van der Waals surface area contributed by atoms with Gasteiger partial charge < -0.3 is 9.30 Å². The van der Waals surface area contributed by atoms with Crippen molar-refractivity contribution in [1.29, 1.82) is 5.26 Å². The quantitative estimate of drug-likeness (QED) is 0.706. The molecule has 0 aliphatic heterocycles. The van der Waals surface area contributed by atoms with Gasteiger partial charge in [0.15, 0.2) is 0 Å². The zero-order chi connectivity index (χ0) is 19.4. The van der Waals surface area contributed by atoms with Crippen molar-refractivity contribution in [1.82, 2.24) is 14.3 Å². The number of nitrogens with one attached hydrogen (secondary N) is 1. The summed E-state index contributed by atoms with van der Waals surface area (Å²) < 4.78 is 35.6. The lowest BCUT2D eigenvalue weighted by Gasteiger charge is -2.20. The number of nitriles is 1. The molecule has 2 aromatic carbocycles. The van der Waals surface area contributed by atoms with Crippen LogP contribution < -0.4 is 9.46 Å². The van der Waals surface area contributed by atoms with Gasteiger partial charge in [0.2, 0.25) is 10.0 Å². The molecule has 0 radical (unpaired) electrons. The van der Waals surface area contributed by atoms with Crippen molar-refractivity contribution >= 4 is 10.0 Å². The molecule has 27 heavy (non-hydrogen) atoms. The van der Waals surface area contributed by atoms with E-state index in [2.05, 4.69) is 9.71 Å². The monoisotopic (exact) mass is 382 g/mol. The molecule has 0 saturated carbocycles. The van der Waals surface area contributed by atoms with Crippen molar-refractivity contribution in [3.05, 3.63) is 77.9 Å². The zero-order valence-corrected chi connectivity index (χ0v) is 15.6. The predicted molar refractivity (Wildman–Crippen MR) is 99.5 cm³/mol. The van der Waals surface area contributed by atoms with E-state index < -0.39 is 16.1 Å². The van der Waals surface area contributed by atoms with Gasteiger partial charge in [-0.25, -0.2) is 13.4 Å². The number of rotatable bonds is 6. The summed E-state index contributed by atoms with van der Waals surface area (Å²) in [5.74, 6) is 1.16. The maximum absolute atomic E-state index is 12.9. The van der Waals surface area contributed by atoms with E-state index in [4.69, 9.17) is 10.00 Å². The average Bonchev–Trinajstić information content (AvgIpc) is 3.12. The smallest absolute Gasteiger partial charge is 0.241 e. The lowest BCUT2D eigenvalue weighted by atomic mass is 10.1. The third kappa shape index (κ3) is 4.00. The predicted octanol–water partition coefficient (Wildman–Crippen LogP) is 2.37. The fourth-order valence-corrected chi connectivity index (χ4v) is 3.86. The minimum Gasteiger partial charge on any atom is -0.497 e. The summed E-state index contributed by atoms with van der Waals surface area (Å²) in [6.45, 7) is 0. The molecule has 138 valence electrons. The molecule has 8 heteroatoms. The third-order valence-electron chi connectivity index (χ3n) is 4.11. The minimum absolute atomic E-state index is 0.0728. The molecule has 1 aromatic heterocycles. The number of aryl methyl sites for hydroxylation is 1. The Kier molecular flexibility index (Phi) is 5.26. The Morgan fingerprint density at radius 2 is 1.96 bits per heavy atom. The Morgan fingerprint density at radius 1 is 1.22 bits per heavy atom. The second-order valence-electron chi connectivity index (χ2n) is 5.86. The number of hydrogen-bond acceptors (Lipinski definition) is 5. The van der Waals surface area contributed by atoms with E-state index in [1.165, 1.54) is 24.3 Å². The maximum Gasteiger partial charge on any atom is 0.241 e. The molecule has 1 atom stereocenters. The molecule has 0 aliphatic rings. The number of aromatic nitrogens is 2. The number of benzene rings is 2. The third-order valence-corrected chi connectivity index (χ3v) is 5.55. The van der Waals surface area contributed by atoms with E-state index in [1.807, 2.05) is 12.1 Å². The Morgan fingerprint density at radius 3 is 2.56 bits per heavy atom. The van der Waals surface area contributed by atoms with Gasteiger partial charge in [0.1, 0.15) is 17.6 Å². The first-order chi connectivity index (χ1) is 12.9. The van der Waals surface area contributed by atoms with Crippen LogP contribution >= 0.6 is 0 Å². The number of sulfonamides is 1. The lowest BCUT2D eigenvalue weighted by Crippen LogP contribution is -2.31. The Labute approximate surface area is 157 Å². The van der Waals surface area contributed by atoms with Gasteiger partial charge in [-0.2, -0.15) is 9.98 Å². The molecule has 1 N–H and O–H groups in total. The van der Waals surface area contributed by atoms with Gasteiger partial charge in [0.05, 0.1) is 23.6 Å². The van der Waals surface area contributed by atoms with Crippen LogP contribution in [0.4, 0.5) is 0 Å². The van der Waals surface area contributed by atoms with Crippen molar-refractivity contribution in [2.75, 3.05) is 7.11 Å². The van der Waals surface area contributed by atoms with Gasteiger partial charge in [-0.3, -0.25) is 0 Å². The first-order valence-electron chi connectivity index (χ1n) is 8.08. The topological polar surface area (TPSA) is 97.0 Å². The van der Waals surface area contributed by atoms with Crippen LogP contribution in [0, 0.1) is 11.3 Å². The van der Waals surface area contributed by atoms with Gasteiger partial charge in [0.25, 0.3) is 0 Å². The van der Waals surface area contributed by atoms with Crippen LogP contribution in [0.15, 0.2) is 65.8 Å². The van der Waals surface area contributed by atoms with Crippen molar-refractivity contribution in [3.63, 3.8) is 0 Å². The molecular formula is C19H18N4O3S. The van der Waals surface area contributed by atoms with Crippen LogP contribution in [-0.4, -0.2) is 25.1 Å². The Balaban J connectivity index is 2.03. The molecule has 3 aromatic rings. The number of imidazole rings is 1. The summed E-state index contributed by atoms with van der Waals surface area (Å²) in [4.78, 5) is 4.38. The largest absolute Gasteiger partial charge is 0.497 e. The van der Waals surface area contributed by atoms with Gasteiger partial charge in [-0.15, -0.1) is 0 Å². The SMILES string of the molecule is COc1cccc([C@H](NS(=O)(=O)c2ccc(C#N)cc2)c2nccn2C)c1. The highest BCUT2D eigenvalue weighted by Crippen LogP contribution is 2.26. The van der Waals surface area contributed by atoms with Crippen LogP contribution in [0.25, 0.3) is 0 Å². The highest BCUT2D eigenvalue weighted by Gasteiger charge is 2.26. The summed E-state index contributed by atoms with van der Waals surface area (Å²) in [5, 5.41) is 8.89. The summed E-state index contributed by atoms with van der Waals surface area (Å²) in [6.07, 6.45) is 3.36. The molecule has 1 heterocycles. The van der Waals surface area contributed by atoms with E-state index >= 15 is 0 Å². The highest BCUT2D eigenvalue weighted by atomic mass is 32.2. The van der Waals surface area contributed by atoms with E-state index in [-0.39, 0.29) is 4.90 Å². The van der Waals surface area contributed by atoms with E-state index in [0.29, 0.717) is 22.7 Å². The van der Waals surface area contributed by atoms with Crippen molar-refractivity contribution in [2.24, 2.45) is 7.05 Å². The van der Waals surface area contributed by atoms with Gasteiger partial charge in [0, 0.05) is 19.4 Å². The molecule has 0 spiro atoms. The van der Waals surface area contributed by atoms with Crippen LogP contribution in [0.5, 0.6) is 5.75 Å². The molecule has 0 unspecified atom stereocenters. The van der Waals surface area contributed by atoms with Crippen LogP contribution in [0.2, 0.25) is 0 Å². The number of ether oxygens (including phenoxy) is 1. The number of nitrogens with zero attached hydrogens (tertiary/aromatic N) is 3. The zero-order valence-electron chi connectivity index (χ0n) is 14.8. The maximum atomic E-state index is 12.9. The Hall–Kier alpha value is -3.15. The number of hydrogen-bond donors (Lipinski definition) is 1. The molecule has 3 rings (SSSR count). The molecule has 0 aliphatic carbocycles. The van der Waals surface area contributed by atoms with E-state index in [1.54, 1.807) is 49.3 Å². The molecule has 0 amide bonds. The average molecular weight is 382 g/mol. The second-order valence-corrected chi connectivity index (χ2v) is 7.58. The minimum atomic E-state index is -3.85. The van der Waals surface area contributed by atoms with Gasteiger partial charge >= 0.3 is 0 Å². The van der Waals surface area contributed by atoms with Crippen LogP contribution in [0.1, 0.15) is 23.0 Å².